The molecule has 0 aliphatic carbocycles. The van der Waals surface area contributed by atoms with Crippen molar-refractivity contribution in [1.29, 1.82) is 0 Å². The summed E-state index contributed by atoms with van der Waals surface area (Å²) in [6.07, 6.45) is 1.44. The zero-order valence-corrected chi connectivity index (χ0v) is 11.9. The van der Waals surface area contributed by atoms with E-state index in [-0.39, 0.29) is 6.61 Å². The predicted molar refractivity (Wildman–Crippen MR) is 73.9 cm³/mol. The number of sulfone groups is 1. The first-order valence-corrected chi connectivity index (χ1v) is 8.34. The summed E-state index contributed by atoms with van der Waals surface area (Å²) in [5.41, 5.74) is 2.42. The van der Waals surface area contributed by atoms with Gasteiger partial charge in [-0.1, -0.05) is 12.1 Å². The monoisotopic (exact) mass is 281 g/mol. The zero-order chi connectivity index (χ0) is 13.5. The van der Waals surface area contributed by atoms with Crippen LogP contribution in [0.2, 0.25) is 0 Å². The summed E-state index contributed by atoms with van der Waals surface area (Å²) >= 11 is 0. The normalized spacial score (nSPS) is 28.3. The van der Waals surface area contributed by atoms with Crippen LogP contribution in [0, 0.1) is 0 Å². The molecule has 1 saturated heterocycles. The van der Waals surface area contributed by atoms with E-state index in [1.807, 2.05) is 12.1 Å². The highest BCUT2D eigenvalue weighted by Crippen LogP contribution is 2.34. The quantitative estimate of drug-likeness (QED) is 0.915. The van der Waals surface area contributed by atoms with Crippen LogP contribution in [-0.4, -0.2) is 25.5 Å². The van der Waals surface area contributed by atoms with Crippen molar-refractivity contribution in [2.24, 2.45) is 0 Å². The van der Waals surface area contributed by atoms with E-state index in [2.05, 4.69) is 11.4 Å². The summed E-state index contributed by atoms with van der Waals surface area (Å²) in [6, 6.07) is 5.97. The Labute approximate surface area is 114 Å². The maximum absolute atomic E-state index is 12.0. The van der Waals surface area contributed by atoms with Gasteiger partial charge >= 0.3 is 0 Å². The van der Waals surface area contributed by atoms with E-state index in [0.717, 1.165) is 25.3 Å². The van der Waals surface area contributed by atoms with Gasteiger partial charge in [0.1, 0.15) is 17.1 Å². The number of rotatable bonds is 3. The summed E-state index contributed by atoms with van der Waals surface area (Å²) in [6.45, 7) is 3.72. The fourth-order valence-electron chi connectivity index (χ4n) is 2.87. The summed E-state index contributed by atoms with van der Waals surface area (Å²) in [5, 5.41) is 3.28. The molecule has 1 fully saturated rings. The molecular formula is C14H19NO3S. The van der Waals surface area contributed by atoms with Gasteiger partial charge in [0.2, 0.25) is 0 Å². The van der Waals surface area contributed by atoms with Gasteiger partial charge in [0.05, 0.1) is 5.75 Å². The van der Waals surface area contributed by atoms with Crippen molar-refractivity contribution in [2.45, 2.75) is 37.6 Å². The fraction of sp³-hybridized carbons (Fsp3) is 0.571. The molecule has 0 aromatic heterocycles. The van der Waals surface area contributed by atoms with Gasteiger partial charge in [-0.2, -0.15) is 0 Å². The van der Waals surface area contributed by atoms with Crippen molar-refractivity contribution in [3.63, 3.8) is 0 Å². The Bertz CT molecular complexity index is 597. The highest BCUT2D eigenvalue weighted by molar-refractivity contribution is 7.93. The number of benzene rings is 1. The molecule has 2 aliphatic rings. The Balaban J connectivity index is 1.79. The van der Waals surface area contributed by atoms with E-state index in [1.54, 1.807) is 6.92 Å². The summed E-state index contributed by atoms with van der Waals surface area (Å²) in [4.78, 5) is 0. The van der Waals surface area contributed by atoms with Gasteiger partial charge in [0.25, 0.3) is 0 Å². The van der Waals surface area contributed by atoms with Crippen molar-refractivity contribution in [1.82, 2.24) is 5.32 Å². The lowest BCUT2D eigenvalue weighted by molar-refractivity contribution is 0.267. The van der Waals surface area contributed by atoms with Gasteiger partial charge in [0, 0.05) is 18.7 Å². The van der Waals surface area contributed by atoms with Gasteiger partial charge in [-0.15, -0.1) is 0 Å². The van der Waals surface area contributed by atoms with Gasteiger partial charge in [-0.05, 0) is 31.4 Å². The fourth-order valence-corrected chi connectivity index (χ4v) is 4.58. The van der Waals surface area contributed by atoms with Gasteiger partial charge < -0.3 is 10.1 Å². The molecule has 4 nitrogen and oxygen atoms in total. The predicted octanol–water partition coefficient (Wildman–Crippen LogP) is 1.64. The molecule has 19 heavy (non-hydrogen) atoms. The first-order chi connectivity index (χ1) is 9.02. The second kappa shape index (κ2) is 4.49. The van der Waals surface area contributed by atoms with Crippen LogP contribution in [-0.2, 0) is 22.9 Å². The third kappa shape index (κ3) is 2.15. The molecule has 1 N–H and O–H groups in total. The molecule has 1 aromatic rings. The first kappa shape index (κ1) is 12.9. The number of ether oxygens (including phenoxy) is 1. The lowest BCUT2D eigenvalue weighted by Crippen LogP contribution is -2.37. The Morgan fingerprint density at radius 1 is 1.37 bits per heavy atom. The standard InChI is InChI=1S/C14H19NO3S/c1-14(6-3-7-19(14,16)17)10-18-13-5-2-4-11-8-15-9-12(11)13/h2,4-5,15H,3,6-10H2,1H3. The van der Waals surface area contributed by atoms with E-state index < -0.39 is 14.6 Å². The van der Waals surface area contributed by atoms with Crippen molar-refractivity contribution in [3.05, 3.63) is 29.3 Å². The minimum absolute atomic E-state index is 0.256. The molecule has 0 bridgehead atoms. The molecule has 1 aromatic carbocycles. The van der Waals surface area contributed by atoms with Crippen LogP contribution >= 0.6 is 0 Å². The second-order valence-corrected chi connectivity index (χ2v) is 8.28. The number of nitrogens with one attached hydrogen (secondary N) is 1. The lowest BCUT2D eigenvalue weighted by Gasteiger charge is -2.23. The molecule has 0 spiro atoms. The smallest absolute Gasteiger partial charge is 0.159 e. The number of fused-ring (bicyclic) bond motifs is 1. The third-order valence-corrected chi connectivity index (χ3v) is 6.90. The summed E-state index contributed by atoms with van der Waals surface area (Å²) in [7, 11) is -3.01. The van der Waals surface area contributed by atoms with Crippen molar-refractivity contribution in [2.75, 3.05) is 12.4 Å². The molecule has 2 heterocycles. The minimum Gasteiger partial charge on any atom is -0.492 e. The zero-order valence-electron chi connectivity index (χ0n) is 11.1. The maximum atomic E-state index is 12.0. The van der Waals surface area contributed by atoms with E-state index in [1.165, 1.54) is 11.1 Å². The molecule has 1 atom stereocenters. The highest BCUT2D eigenvalue weighted by Gasteiger charge is 2.44. The highest BCUT2D eigenvalue weighted by atomic mass is 32.2. The minimum atomic E-state index is -3.01. The molecule has 3 rings (SSSR count). The van der Waals surface area contributed by atoms with Crippen molar-refractivity contribution in [3.8, 4) is 5.75 Å². The Morgan fingerprint density at radius 2 is 2.21 bits per heavy atom. The van der Waals surface area contributed by atoms with Crippen molar-refractivity contribution < 1.29 is 13.2 Å². The van der Waals surface area contributed by atoms with E-state index in [4.69, 9.17) is 4.74 Å². The van der Waals surface area contributed by atoms with Gasteiger partial charge in [0.15, 0.2) is 9.84 Å². The van der Waals surface area contributed by atoms with Crippen LogP contribution in [0.1, 0.15) is 30.9 Å². The summed E-state index contributed by atoms with van der Waals surface area (Å²) in [5.74, 6) is 1.12. The first-order valence-electron chi connectivity index (χ1n) is 6.68. The Hall–Kier alpha value is -1.07. The molecule has 0 saturated carbocycles. The largest absolute Gasteiger partial charge is 0.492 e. The van der Waals surface area contributed by atoms with E-state index in [9.17, 15) is 8.42 Å². The Kier molecular flexibility index (Phi) is 3.06. The molecule has 0 radical (unpaired) electrons. The molecule has 2 aliphatic heterocycles. The van der Waals surface area contributed by atoms with Gasteiger partial charge in [-0.25, -0.2) is 8.42 Å². The molecular weight excluding hydrogens is 262 g/mol. The van der Waals surface area contributed by atoms with Crippen molar-refractivity contribution >= 4 is 9.84 Å². The maximum Gasteiger partial charge on any atom is 0.159 e. The van der Waals surface area contributed by atoms with E-state index >= 15 is 0 Å². The van der Waals surface area contributed by atoms with Crippen LogP contribution in [0.3, 0.4) is 0 Å². The average molecular weight is 281 g/mol. The average Bonchev–Trinajstić information content (AvgIpc) is 2.93. The third-order valence-electron chi connectivity index (χ3n) is 4.25. The second-order valence-electron chi connectivity index (χ2n) is 5.66. The van der Waals surface area contributed by atoms with Crippen LogP contribution in [0.25, 0.3) is 0 Å². The molecule has 0 amide bonds. The SMILES string of the molecule is CC1(COc2cccc3c2CNC3)CCCS1(=O)=O. The number of hydrogen-bond donors (Lipinski definition) is 1. The van der Waals surface area contributed by atoms with E-state index in [0.29, 0.717) is 12.2 Å². The summed E-state index contributed by atoms with van der Waals surface area (Å²) < 4.78 is 29.2. The van der Waals surface area contributed by atoms with Crippen LogP contribution < -0.4 is 10.1 Å². The van der Waals surface area contributed by atoms with Crippen LogP contribution in [0.4, 0.5) is 0 Å². The Morgan fingerprint density at radius 3 is 2.95 bits per heavy atom. The van der Waals surface area contributed by atoms with Gasteiger partial charge in [-0.3, -0.25) is 0 Å². The molecule has 104 valence electrons. The molecule has 1 unspecified atom stereocenters. The van der Waals surface area contributed by atoms with Crippen LogP contribution in [0.5, 0.6) is 5.75 Å². The number of hydrogen-bond acceptors (Lipinski definition) is 4. The topological polar surface area (TPSA) is 55.4 Å². The van der Waals surface area contributed by atoms with Crippen LogP contribution in [0.15, 0.2) is 18.2 Å². The lowest BCUT2D eigenvalue weighted by atomic mass is 10.1. The molecule has 5 heteroatoms.